The molecule has 0 bridgehead atoms. The maximum atomic E-state index is 13.4. The summed E-state index contributed by atoms with van der Waals surface area (Å²) in [4.78, 5) is 17.0. The molecular formula is C11H10F2N4O. The highest BCUT2D eigenvalue weighted by Gasteiger charge is 2.19. The average molecular weight is 252 g/mol. The van der Waals surface area contributed by atoms with Crippen LogP contribution in [-0.4, -0.2) is 33.0 Å². The molecule has 0 unspecified atom stereocenters. The third-order valence-corrected chi connectivity index (χ3v) is 2.38. The monoisotopic (exact) mass is 252 g/mol. The Morgan fingerprint density at radius 2 is 2.22 bits per heavy atom. The molecule has 1 aromatic heterocycles. The lowest BCUT2D eigenvalue weighted by Gasteiger charge is -2.15. The predicted molar refractivity (Wildman–Crippen MR) is 58.5 cm³/mol. The molecule has 1 N–H and O–H groups in total. The van der Waals surface area contributed by atoms with Gasteiger partial charge in [0.05, 0.1) is 12.1 Å². The lowest BCUT2D eigenvalue weighted by Crippen LogP contribution is -2.27. The molecule has 0 saturated carbocycles. The first-order valence-corrected chi connectivity index (χ1v) is 5.13. The van der Waals surface area contributed by atoms with Crippen LogP contribution in [0.3, 0.4) is 0 Å². The first-order chi connectivity index (χ1) is 8.59. The number of carbonyl (C=O) groups excluding carboxylic acids is 1. The molecule has 0 aliphatic carbocycles. The number of H-pyrrole nitrogens is 1. The summed E-state index contributed by atoms with van der Waals surface area (Å²) in [5.74, 6) is -2.35. The van der Waals surface area contributed by atoms with Crippen LogP contribution in [-0.2, 0) is 6.54 Å². The van der Waals surface area contributed by atoms with Gasteiger partial charge in [-0.3, -0.25) is 9.89 Å². The highest BCUT2D eigenvalue weighted by Crippen LogP contribution is 2.13. The molecule has 5 nitrogen and oxygen atoms in total. The molecule has 0 spiro atoms. The quantitative estimate of drug-likeness (QED) is 0.897. The fourth-order valence-corrected chi connectivity index (χ4v) is 1.48. The van der Waals surface area contributed by atoms with Crippen molar-refractivity contribution in [1.29, 1.82) is 0 Å². The van der Waals surface area contributed by atoms with Crippen LogP contribution in [0.15, 0.2) is 24.5 Å². The van der Waals surface area contributed by atoms with E-state index in [0.29, 0.717) is 5.82 Å². The molecule has 0 saturated heterocycles. The number of nitrogens with zero attached hydrogens (tertiary/aromatic N) is 3. The number of benzene rings is 1. The van der Waals surface area contributed by atoms with Crippen LogP contribution >= 0.6 is 0 Å². The molecule has 0 aliphatic rings. The minimum Gasteiger partial charge on any atom is -0.334 e. The summed E-state index contributed by atoms with van der Waals surface area (Å²) in [5.41, 5.74) is -0.308. The third kappa shape index (κ3) is 2.34. The van der Waals surface area contributed by atoms with E-state index in [1.807, 2.05) is 0 Å². The smallest absolute Gasteiger partial charge is 0.257 e. The van der Waals surface area contributed by atoms with Gasteiger partial charge in [0.2, 0.25) is 0 Å². The van der Waals surface area contributed by atoms with Gasteiger partial charge in [0.15, 0.2) is 11.6 Å². The number of aromatic amines is 1. The minimum absolute atomic E-state index is 0.134. The second kappa shape index (κ2) is 4.91. The molecule has 0 aliphatic heterocycles. The van der Waals surface area contributed by atoms with E-state index in [0.717, 1.165) is 6.07 Å². The van der Waals surface area contributed by atoms with Crippen LogP contribution in [0.25, 0.3) is 0 Å². The molecule has 18 heavy (non-hydrogen) atoms. The summed E-state index contributed by atoms with van der Waals surface area (Å²) < 4.78 is 26.4. The Hall–Kier alpha value is -2.31. The lowest BCUT2D eigenvalue weighted by atomic mass is 10.2. The zero-order valence-electron chi connectivity index (χ0n) is 9.52. The van der Waals surface area contributed by atoms with Crippen molar-refractivity contribution in [2.75, 3.05) is 7.05 Å². The first kappa shape index (κ1) is 12.2. The molecule has 94 valence electrons. The molecule has 0 radical (unpaired) electrons. The van der Waals surface area contributed by atoms with E-state index in [4.69, 9.17) is 0 Å². The van der Waals surface area contributed by atoms with Gasteiger partial charge in [-0.1, -0.05) is 6.07 Å². The Morgan fingerprint density at radius 1 is 1.44 bits per heavy atom. The Balaban J connectivity index is 2.18. The highest BCUT2D eigenvalue weighted by molar-refractivity contribution is 5.94. The summed E-state index contributed by atoms with van der Waals surface area (Å²) in [5, 5.41) is 6.21. The van der Waals surface area contributed by atoms with Crippen molar-refractivity contribution in [3.8, 4) is 0 Å². The number of rotatable bonds is 3. The van der Waals surface area contributed by atoms with Gasteiger partial charge in [-0.15, -0.1) is 0 Å². The van der Waals surface area contributed by atoms with Gasteiger partial charge in [0.1, 0.15) is 12.2 Å². The first-order valence-electron chi connectivity index (χ1n) is 5.13. The number of carbonyl (C=O) groups is 1. The van der Waals surface area contributed by atoms with Crippen molar-refractivity contribution in [3.63, 3.8) is 0 Å². The molecule has 0 fully saturated rings. The molecule has 2 rings (SSSR count). The van der Waals surface area contributed by atoms with E-state index < -0.39 is 17.5 Å². The zero-order chi connectivity index (χ0) is 13.1. The summed E-state index contributed by atoms with van der Waals surface area (Å²) in [7, 11) is 1.47. The van der Waals surface area contributed by atoms with E-state index in [1.165, 1.54) is 30.4 Å². The molecule has 0 atom stereocenters. The summed E-state index contributed by atoms with van der Waals surface area (Å²) >= 11 is 0. The predicted octanol–water partition coefficient (Wildman–Crippen LogP) is 1.36. The van der Waals surface area contributed by atoms with Gasteiger partial charge < -0.3 is 4.90 Å². The molecule has 1 heterocycles. The number of amides is 1. The van der Waals surface area contributed by atoms with Crippen LogP contribution in [0.1, 0.15) is 16.2 Å². The van der Waals surface area contributed by atoms with Crippen LogP contribution < -0.4 is 0 Å². The fourth-order valence-electron chi connectivity index (χ4n) is 1.48. The van der Waals surface area contributed by atoms with Gasteiger partial charge in [-0.25, -0.2) is 13.8 Å². The zero-order valence-corrected chi connectivity index (χ0v) is 9.52. The van der Waals surface area contributed by atoms with Crippen molar-refractivity contribution in [1.82, 2.24) is 20.1 Å². The number of hydrogen-bond acceptors (Lipinski definition) is 3. The second-order valence-electron chi connectivity index (χ2n) is 3.69. The molecule has 2 aromatic rings. The van der Waals surface area contributed by atoms with Crippen molar-refractivity contribution in [3.05, 3.63) is 47.5 Å². The largest absolute Gasteiger partial charge is 0.334 e. The average Bonchev–Trinajstić information content (AvgIpc) is 2.84. The molecule has 7 heteroatoms. The van der Waals surface area contributed by atoms with Crippen molar-refractivity contribution < 1.29 is 13.6 Å². The van der Waals surface area contributed by atoms with Gasteiger partial charge in [0, 0.05) is 7.05 Å². The lowest BCUT2D eigenvalue weighted by molar-refractivity contribution is 0.0776. The topological polar surface area (TPSA) is 61.9 Å². The Bertz CT molecular complexity index is 556. The molecule has 1 amide bonds. The molecular weight excluding hydrogens is 242 g/mol. The summed E-state index contributed by atoms with van der Waals surface area (Å²) in [6, 6.07) is 3.48. The van der Waals surface area contributed by atoms with Crippen LogP contribution in [0.4, 0.5) is 8.78 Å². The maximum absolute atomic E-state index is 13.4. The third-order valence-electron chi connectivity index (χ3n) is 2.38. The van der Waals surface area contributed by atoms with Crippen LogP contribution in [0.2, 0.25) is 0 Å². The fraction of sp³-hybridized carbons (Fsp3) is 0.182. The van der Waals surface area contributed by atoms with E-state index in [9.17, 15) is 13.6 Å². The van der Waals surface area contributed by atoms with Gasteiger partial charge in [0.25, 0.3) is 5.91 Å². The van der Waals surface area contributed by atoms with Crippen LogP contribution in [0, 0.1) is 11.6 Å². The summed E-state index contributed by atoms with van der Waals surface area (Å²) in [6.07, 6.45) is 1.30. The van der Waals surface area contributed by atoms with E-state index in [1.54, 1.807) is 0 Å². The van der Waals surface area contributed by atoms with E-state index in [2.05, 4.69) is 15.2 Å². The summed E-state index contributed by atoms with van der Waals surface area (Å²) in [6.45, 7) is 0.134. The number of aromatic nitrogens is 3. The van der Waals surface area contributed by atoms with Gasteiger partial charge in [-0.05, 0) is 12.1 Å². The second-order valence-corrected chi connectivity index (χ2v) is 3.69. The van der Waals surface area contributed by atoms with Crippen molar-refractivity contribution in [2.45, 2.75) is 6.54 Å². The van der Waals surface area contributed by atoms with Crippen molar-refractivity contribution >= 4 is 5.91 Å². The Kier molecular flexibility index (Phi) is 3.31. The number of nitrogens with one attached hydrogen (secondary N) is 1. The Labute approximate surface area is 101 Å². The van der Waals surface area contributed by atoms with Crippen LogP contribution in [0.5, 0.6) is 0 Å². The SMILES string of the molecule is CN(Cc1ncn[nH]1)C(=O)c1cccc(F)c1F. The normalized spacial score (nSPS) is 10.4. The van der Waals surface area contributed by atoms with Gasteiger partial charge in [-0.2, -0.15) is 5.10 Å². The van der Waals surface area contributed by atoms with Gasteiger partial charge >= 0.3 is 0 Å². The van der Waals surface area contributed by atoms with Crippen molar-refractivity contribution in [2.24, 2.45) is 0 Å². The maximum Gasteiger partial charge on any atom is 0.257 e. The molecule has 1 aromatic carbocycles. The standard InChI is InChI=1S/C11H10F2N4O/c1-17(5-9-14-6-15-16-9)11(18)7-3-2-4-8(12)10(7)13/h2-4,6H,5H2,1H3,(H,14,15,16). The Morgan fingerprint density at radius 3 is 2.89 bits per heavy atom. The highest BCUT2D eigenvalue weighted by atomic mass is 19.2. The number of hydrogen-bond donors (Lipinski definition) is 1. The van der Waals surface area contributed by atoms with E-state index in [-0.39, 0.29) is 12.1 Å². The number of halogens is 2. The minimum atomic E-state index is -1.15. The van der Waals surface area contributed by atoms with E-state index >= 15 is 0 Å².